The summed E-state index contributed by atoms with van der Waals surface area (Å²) in [4.78, 5) is 3.13. The molecule has 0 aliphatic heterocycles. The Morgan fingerprint density at radius 2 is 2.10 bits per heavy atom. The predicted molar refractivity (Wildman–Crippen MR) is 82.4 cm³/mol. The lowest BCUT2D eigenvalue weighted by Crippen LogP contribution is -2.34. The maximum atomic E-state index is 10.1. The highest BCUT2D eigenvalue weighted by molar-refractivity contribution is 5.54. The second-order valence-corrected chi connectivity index (χ2v) is 4.99. The molecule has 21 heavy (non-hydrogen) atoms. The van der Waals surface area contributed by atoms with E-state index in [0.717, 1.165) is 11.3 Å². The summed E-state index contributed by atoms with van der Waals surface area (Å²) in [7, 11) is 0. The van der Waals surface area contributed by atoms with Gasteiger partial charge < -0.3 is 25.7 Å². The Morgan fingerprint density at radius 1 is 1.29 bits per heavy atom. The number of anilines is 1. The summed E-state index contributed by atoms with van der Waals surface area (Å²) < 4.78 is 5.68. The number of aliphatic hydroxyl groups is 2. The number of ether oxygens (including phenoxy) is 1. The van der Waals surface area contributed by atoms with Gasteiger partial charge in [-0.1, -0.05) is 0 Å². The van der Waals surface area contributed by atoms with Crippen molar-refractivity contribution >= 4 is 5.69 Å². The molecule has 0 bridgehead atoms. The molecule has 0 fully saturated rings. The Labute approximate surface area is 124 Å². The first kappa shape index (κ1) is 15.4. The number of aromatic nitrogens is 1. The number of H-pyrrole nitrogens is 1. The molecule has 5 heteroatoms. The minimum Gasteiger partial charge on any atom is -0.494 e. The quantitative estimate of drug-likeness (QED) is 0.584. The normalized spacial score (nSPS) is 13.9. The van der Waals surface area contributed by atoms with E-state index in [1.165, 1.54) is 0 Å². The average molecular weight is 290 g/mol. The van der Waals surface area contributed by atoms with Gasteiger partial charge >= 0.3 is 0 Å². The first-order valence-corrected chi connectivity index (χ1v) is 7.06. The number of aromatic amines is 1. The predicted octanol–water partition coefficient (Wildman–Crippen LogP) is 1.66. The lowest BCUT2D eigenvalue weighted by atomic mass is 9.75. The topological polar surface area (TPSA) is 91.5 Å². The molecule has 2 aromatic rings. The number of nitrogens with two attached hydrogens (primary N) is 1. The highest BCUT2D eigenvalue weighted by Crippen LogP contribution is 2.40. The Hall–Kier alpha value is -1.98. The lowest BCUT2D eigenvalue weighted by molar-refractivity contribution is 0.171. The fourth-order valence-corrected chi connectivity index (χ4v) is 2.69. The van der Waals surface area contributed by atoms with Crippen molar-refractivity contribution in [2.75, 3.05) is 25.6 Å². The van der Waals surface area contributed by atoms with Gasteiger partial charge in [-0.05, 0) is 43.7 Å². The minimum absolute atomic E-state index is 0.0556. The van der Waals surface area contributed by atoms with Crippen LogP contribution in [0.25, 0.3) is 0 Å². The summed E-state index contributed by atoms with van der Waals surface area (Å²) in [6.45, 7) is 2.21. The first-order chi connectivity index (χ1) is 10.2. The summed E-state index contributed by atoms with van der Waals surface area (Å²) in [5, 5.41) is 19.6. The minimum atomic E-state index is -0.766. The molecule has 5 N–H and O–H groups in total. The summed E-state index contributed by atoms with van der Waals surface area (Å²) in [6.07, 6.45) is 2.16. The molecule has 0 spiro atoms. The van der Waals surface area contributed by atoms with E-state index in [1.807, 2.05) is 19.1 Å². The van der Waals surface area contributed by atoms with Crippen molar-refractivity contribution in [1.29, 1.82) is 0 Å². The van der Waals surface area contributed by atoms with Crippen molar-refractivity contribution in [1.82, 2.24) is 4.98 Å². The fraction of sp³-hybridized carbons (Fsp3) is 0.375. The van der Waals surface area contributed by atoms with Gasteiger partial charge in [0, 0.05) is 29.7 Å². The van der Waals surface area contributed by atoms with Crippen LogP contribution in [0.2, 0.25) is 0 Å². The summed E-state index contributed by atoms with van der Waals surface area (Å²) in [5.74, 6) is 0.670. The molecule has 0 saturated carbocycles. The van der Waals surface area contributed by atoms with Crippen LogP contribution in [-0.2, 0) is 5.41 Å². The molecule has 114 valence electrons. The molecule has 1 aromatic heterocycles. The largest absolute Gasteiger partial charge is 0.494 e. The van der Waals surface area contributed by atoms with Crippen molar-refractivity contribution in [2.24, 2.45) is 0 Å². The van der Waals surface area contributed by atoms with Crippen LogP contribution in [0.1, 0.15) is 24.6 Å². The molecular formula is C16H22N2O3. The van der Waals surface area contributed by atoms with Crippen LogP contribution in [0.4, 0.5) is 5.69 Å². The van der Waals surface area contributed by atoms with E-state index < -0.39 is 5.41 Å². The van der Waals surface area contributed by atoms with E-state index in [-0.39, 0.29) is 13.2 Å². The molecule has 1 atom stereocenters. The van der Waals surface area contributed by atoms with Crippen molar-refractivity contribution in [3.63, 3.8) is 0 Å². The summed E-state index contributed by atoms with van der Waals surface area (Å²) in [6, 6.07) is 9.13. The third kappa shape index (κ3) is 2.89. The van der Waals surface area contributed by atoms with Crippen LogP contribution in [0.3, 0.4) is 0 Å². The third-order valence-electron chi connectivity index (χ3n) is 3.74. The van der Waals surface area contributed by atoms with E-state index >= 15 is 0 Å². The van der Waals surface area contributed by atoms with Crippen molar-refractivity contribution in [2.45, 2.75) is 18.8 Å². The molecule has 0 aliphatic carbocycles. The Balaban J connectivity index is 2.63. The van der Waals surface area contributed by atoms with Crippen LogP contribution in [-0.4, -0.2) is 35.0 Å². The number of nitrogens with one attached hydrogen (secondary N) is 1. The second kappa shape index (κ2) is 6.65. The zero-order chi connectivity index (χ0) is 15.3. The highest BCUT2D eigenvalue weighted by Gasteiger charge is 2.37. The average Bonchev–Trinajstić information content (AvgIpc) is 3.02. The number of rotatable bonds is 7. The molecule has 1 heterocycles. The standard InChI is InChI=1S/C16H22N2O3/c1-2-21-14-6-5-12(17)10-13(14)16(11-20,7-9-19)15-4-3-8-18-15/h3-6,8,10,18-20H,2,7,9,11,17H2,1H3. The molecule has 0 aliphatic rings. The maximum Gasteiger partial charge on any atom is 0.123 e. The van der Waals surface area contributed by atoms with Gasteiger partial charge in [0.1, 0.15) is 5.75 Å². The van der Waals surface area contributed by atoms with Crippen LogP contribution >= 0.6 is 0 Å². The van der Waals surface area contributed by atoms with E-state index in [0.29, 0.717) is 24.5 Å². The van der Waals surface area contributed by atoms with E-state index in [1.54, 1.807) is 24.4 Å². The van der Waals surface area contributed by atoms with Crippen LogP contribution in [0.15, 0.2) is 36.5 Å². The Kier molecular flexibility index (Phi) is 4.88. The SMILES string of the molecule is CCOc1ccc(N)cc1C(CO)(CCO)c1ccc[nH]1. The van der Waals surface area contributed by atoms with Gasteiger partial charge in [-0.3, -0.25) is 0 Å². The number of aliphatic hydroxyl groups excluding tert-OH is 2. The van der Waals surface area contributed by atoms with Crippen LogP contribution < -0.4 is 10.5 Å². The third-order valence-corrected chi connectivity index (χ3v) is 3.74. The molecule has 0 amide bonds. The van der Waals surface area contributed by atoms with Gasteiger partial charge in [0.15, 0.2) is 0 Å². The zero-order valence-corrected chi connectivity index (χ0v) is 12.2. The number of nitrogen functional groups attached to an aromatic ring is 1. The summed E-state index contributed by atoms with van der Waals surface area (Å²) in [5.41, 5.74) is 7.35. The number of hydrogen-bond acceptors (Lipinski definition) is 4. The second-order valence-electron chi connectivity index (χ2n) is 4.99. The molecule has 0 saturated heterocycles. The molecular weight excluding hydrogens is 268 g/mol. The van der Waals surface area contributed by atoms with Gasteiger partial charge in [0.25, 0.3) is 0 Å². The first-order valence-electron chi connectivity index (χ1n) is 7.06. The Bertz CT molecular complexity index is 569. The summed E-state index contributed by atoms with van der Waals surface area (Å²) >= 11 is 0. The monoisotopic (exact) mass is 290 g/mol. The van der Waals surface area contributed by atoms with Crippen molar-refractivity contribution in [3.8, 4) is 5.75 Å². The van der Waals surface area contributed by atoms with Gasteiger partial charge in [-0.2, -0.15) is 0 Å². The maximum absolute atomic E-state index is 10.1. The Morgan fingerprint density at radius 3 is 2.67 bits per heavy atom. The molecule has 1 unspecified atom stereocenters. The molecule has 2 rings (SSSR count). The van der Waals surface area contributed by atoms with E-state index in [9.17, 15) is 10.2 Å². The smallest absolute Gasteiger partial charge is 0.123 e. The van der Waals surface area contributed by atoms with Gasteiger partial charge in [0.05, 0.1) is 18.6 Å². The molecule has 0 radical (unpaired) electrons. The van der Waals surface area contributed by atoms with Crippen molar-refractivity contribution in [3.05, 3.63) is 47.8 Å². The fourth-order valence-electron chi connectivity index (χ4n) is 2.69. The van der Waals surface area contributed by atoms with Gasteiger partial charge in [-0.25, -0.2) is 0 Å². The molecule has 5 nitrogen and oxygen atoms in total. The van der Waals surface area contributed by atoms with Gasteiger partial charge in [-0.15, -0.1) is 0 Å². The van der Waals surface area contributed by atoms with Crippen molar-refractivity contribution < 1.29 is 14.9 Å². The lowest BCUT2D eigenvalue weighted by Gasteiger charge is -2.33. The van der Waals surface area contributed by atoms with E-state index in [2.05, 4.69) is 4.98 Å². The highest BCUT2D eigenvalue weighted by atomic mass is 16.5. The van der Waals surface area contributed by atoms with E-state index in [4.69, 9.17) is 10.5 Å². The number of hydrogen-bond donors (Lipinski definition) is 4. The zero-order valence-electron chi connectivity index (χ0n) is 12.2. The number of benzene rings is 1. The molecule has 1 aromatic carbocycles. The van der Waals surface area contributed by atoms with Gasteiger partial charge in [0.2, 0.25) is 0 Å². The van der Waals surface area contributed by atoms with Crippen LogP contribution in [0, 0.1) is 0 Å². The van der Waals surface area contributed by atoms with Crippen LogP contribution in [0.5, 0.6) is 5.75 Å².